The lowest BCUT2D eigenvalue weighted by atomic mass is 9.44. The molecule has 2 N–H and O–H groups in total. The van der Waals surface area contributed by atoms with Crippen LogP contribution in [-0.4, -0.2) is 63.8 Å². The van der Waals surface area contributed by atoms with Crippen LogP contribution >= 0.6 is 0 Å². The zero-order chi connectivity index (χ0) is 39.5. The molecule has 0 aromatic carbocycles. The first kappa shape index (κ1) is 38.9. The van der Waals surface area contributed by atoms with Gasteiger partial charge in [0.25, 0.3) is 0 Å². The van der Waals surface area contributed by atoms with E-state index in [2.05, 4.69) is 20.4 Å². The monoisotopic (exact) mass is 760 g/mol. The molecule has 6 fully saturated rings. The number of aliphatic hydroxyl groups is 2. The smallest absolute Gasteiger partial charge is 0.306 e. The minimum Gasteiger partial charge on any atom is -0.462 e. The number of carbonyl (C=O) groups is 4. The van der Waals surface area contributed by atoms with Crippen molar-refractivity contribution >= 4 is 23.5 Å². The summed E-state index contributed by atoms with van der Waals surface area (Å²) >= 11 is 0. The molecule has 8 nitrogen and oxygen atoms in total. The first-order valence-corrected chi connectivity index (χ1v) is 21.1. The quantitative estimate of drug-likeness (QED) is 0.254. The van der Waals surface area contributed by atoms with E-state index in [1.54, 1.807) is 19.9 Å². The van der Waals surface area contributed by atoms with Crippen LogP contribution in [0.15, 0.2) is 47.6 Å². The first-order valence-electron chi connectivity index (χ1n) is 21.1. The molecule has 14 atom stereocenters. The molecule has 55 heavy (non-hydrogen) atoms. The molecule has 0 radical (unpaired) electrons. The number of esters is 2. The van der Waals surface area contributed by atoms with E-state index in [1.807, 2.05) is 25.2 Å². The summed E-state index contributed by atoms with van der Waals surface area (Å²) in [4.78, 5) is 52.2. The standard InChI is InChI=1S/C46H61FO8/c1-26-15-20-43(5)29(21-26)8-10-34-35-22-27(2)46(53,44(35,6)24-36(49)45(34,43)47)37(50)25-54-39(51)13-14-40(52)55-38-12-11-32-31-9-7-28-23-30(48)16-18-41(28,3)33(31)17-19-42(32,38)4/h15,20-21,23,27,31-36,38,49,53H,1,7-14,16-19,22,24-25H2,2-6H3/t27-,31?,32?,33?,34?,35?,36-,38-,41-,42-,43-,44-,45-,46-/m0/s1. The highest BCUT2D eigenvalue weighted by molar-refractivity contribution is 5.92. The van der Waals surface area contributed by atoms with Gasteiger partial charge in [-0.2, -0.15) is 0 Å². The van der Waals surface area contributed by atoms with E-state index < -0.39 is 64.4 Å². The van der Waals surface area contributed by atoms with E-state index in [4.69, 9.17) is 9.47 Å². The number of allylic oxidation sites excluding steroid dienone is 6. The average Bonchev–Trinajstić information content (AvgIpc) is 3.57. The lowest BCUT2D eigenvalue weighted by molar-refractivity contribution is -0.219. The second-order valence-corrected chi connectivity index (χ2v) is 20.0. The van der Waals surface area contributed by atoms with E-state index in [0.717, 1.165) is 56.1 Å². The number of aliphatic hydroxyl groups excluding tert-OH is 1. The molecule has 0 heterocycles. The fourth-order valence-electron chi connectivity index (χ4n) is 14.7. The first-order chi connectivity index (χ1) is 25.8. The third-order valence-electron chi connectivity index (χ3n) is 17.8. The van der Waals surface area contributed by atoms with Crippen LogP contribution in [0.2, 0.25) is 0 Å². The molecule has 8 aliphatic carbocycles. The molecule has 300 valence electrons. The highest BCUT2D eigenvalue weighted by Gasteiger charge is 2.75. The van der Waals surface area contributed by atoms with Gasteiger partial charge in [0.05, 0.1) is 18.9 Å². The normalized spacial score (nSPS) is 48.2. The maximum atomic E-state index is 17.6. The van der Waals surface area contributed by atoms with Gasteiger partial charge in [0.15, 0.2) is 18.1 Å². The van der Waals surface area contributed by atoms with Gasteiger partial charge in [-0.05, 0) is 124 Å². The molecular formula is C46H61FO8. The van der Waals surface area contributed by atoms with Gasteiger partial charge in [-0.25, -0.2) is 4.39 Å². The molecule has 0 saturated heterocycles. The van der Waals surface area contributed by atoms with E-state index in [9.17, 15) is 29.4 Å². The Labute approximate surface area is 325 Å². The van der Waals surface area contributed by atoms with Crippen LogP contribution in [0.5, 0.6) is 0 Å². The maximum Gasteiger partial charge on any atom is 0.306 e. The highest BCUT2D eigenvalue weighted by atomic mass is 19.1. The van der Waals surface area contributed by atoms with Crippen LogP contribution in [0.1, 0.15) is 125 Å². The number of carbonyl (C=O) groups excluding carboxylic acids is 4. The van der Waals surface area contributed by atoms with Crippen LogP contribution in [0, 0.1) is 57.2 Å². The largest absolute Gasteiger partial charge is 0.462 e. The van der Waals surface area contributed by atoms with E-state index in [0.29, 0.717) is 43.4 Å². The molecule has 8 rings (SSSR count). The Morgan fingerprint density at radius 2 is 1.62 bits per heavy atom. The number of ketones is 2. The fraction of sp³-hybridized carbons (Fsp3) is 0.739. The van der Waals surface area contributed by atoms with Gasteiger partial charge >= 0.3 is 11.9 Å². The molecule has 6 saturated carbocycles. The van der Waals surface area contributed by atoms with Crippen LogP contribution in [-0.2, 0) is 28.7 Å². The molecule has 5 unspecified atom stereocenters. The minimum atomic E-state index is -1.97. The van der Waals surface area contributed by atoms with Crippen molar-refractivity contribution in [3.63, 3.8) is 0 Å². The number of fused-ring (bicyclic) bond motifs is 10. The second kappa shape index (κ2) is 13.1. The highest BCUT2D eigenvalue weighted by Crippen LogP contribution is 2.71. The van der Waals surface area contributed by atoms with Crippen molar-refractivity contribution in [1.29, 1.82) is 0 Å². The van der Waals surface area contributed by atoms with Crippen LogP contribution in [0.3, 0.4) is 0 Å². The summed E-state index contributed by atoms with van der Waals surface area (Å²) in [6.07, 6.45) is 14.3. The van der Waals surface area contributed by atoms with Gasteiger partial charge in [0.1, 0.15) is 11.7 Å². The fourth-order valence-corrected chi connectivity index (χ4v) is 14.7. The third kappa shape index (κ3) is 5.39. The third-order valence-corrected chi connectivity index (χ3v) is 17.8. The number of ether oxygens (including phenoxy) is 2. The van der Waals surface area contributed by atoms with Crippen molar-refractivity contribution in [2.75, 3.05) is 6.61 Å². The Morgan fingerprint density at radius 3 is 2.38 bits per heavy atom. The van der Waals surface area contributed by atoms with Gasteiger partial charge in [-0.3, -0.25) is 19.2 Å². The molecule has 8 aliphatic rings. The number of hydrogen-bond acceptors (Lipinski definition) is 8. The molecule has 0 amide bonds. The summed E-state index contributed by atoms with van der Waals surface area (Å²) in [5, 5.41) is 23.9. The number of Topliss-reactive ketones (excluding diaryl/α,β-unsaturated/α-hetero) is 1. The Balaban J connectivity index is 0.864. The Morgan fingerprint density at radius 1 is 0.891 bits per heavy atom. The zero-order valence-corrected chi connectivity index (χ0v) is 33.5. The van der Waals surface area contributed by atoms with Crippen molar-refractivity contribution in [3.8, 4) is 0 Å². The molecule has 9 heteroatoms. The maximum absolute atomic E-state index is 17.6. The Bertz CT molecular complexity index is 1800. The van der Waals surface area contributed by atoms with E-state index in [-0.39, 0.29) is 47.9 Å². The molecule has 0 spiro atoms. The summed E-state index contributed by atoms with van der Waals surface area (Å²) in [7, 11) is 0. The average molecular weight is 761 g/mol. The van der Waals surface area contributed by atoms with Crippen LogP contribution in [0.25, 0.3) is 0 Å². The predicted octanol–water partition coefficient (Wildman–Crippen LogP) is 7.66. The number of rotatable bonds is 7. The summed E-state index contributed by atoms with van der Waals surface area (Å²) in [6.45, 7) is 13.4. The Kier molecular flexibility index (Phi) is 9.24. The van der Waals surface area contributed by atoms with Crippen LogP contribution < -0.4 is 0 Å². The van der Waals surface area contributed by atoms with Crippen molar-refractivity contribution in [2.45, 2.75) is 148 Å². The van der Waals surface area contributed by atoms with Gasteiger partial charge < -0.3 is 19.7 Å². The lowest BCUT2D eigenvalue weighted by Gasteiger charge is -2.62. The Hall–Kier alpha value is -2.91. The summed E-state index contributed by atoms with van der Waals surface area (Å²) in [5.41, 5.74) is -3.05. The SMILES string of the molecule is C=C1C=C[C@@]2(C)C(=C1)CCC1C3C[C@H](C)[C@](O)(C(=O)COC(=O)CCC(=O)O[C@H]4CCC5C6CCC7=CC(=O)CC[C@]7(C)C6CC[C@@]54C)[C@@]3(C)C[C@H](O)[C@@]12F. The molecular weight excluding hydrogens is 699 g/mol. The minimum absolute atomic E-state index is 0.0801. The lowest BCUT2D eigenvalue weighted by Crippen LogP contribution is -2.69. The predicted molar refractivity (Wildman–Crippen MR) is 204 cm³/mol. The number of hydrogen-bond donors (Lipinski definition) is 2. The van der Waals surface area contributed by atoms with E-state index >= 15 is 4.39 Å². The topological polar surface area (TPSA) is 127 Å². The second-order valence-electron chi connectivity index (χ2n) is 20.0. The summed E-state index contributed by atoms with van der Waals surface area (Å²) < 4.78 is 29.1. The van der Waals surface area contributed by atoms with Crippen molar-refractivity contribution in [1.82, 2.24) is 0 Å². The number of halogens is 1. The summed E-state index contributed by atoms with van der Waals surface area (Å²) in [5.74, 6) is -1.53. The van der Waals surface area contributed by atoms with Crippen molar-refractivity contribution in [2.24, 2.45) is 57.2 Å². The van der Waals surface area contributed by atoms with Crippen LogP contribution in [0.4, 0.5) is 4.39 Å². The van der Waals surface area contributed by atoms with Crippen molar-refractivity contribution in [3.05, 3.63) is 47.6 Å². The van der Waals surface area contributed by atoms with Gasteiger partial charge in [0, 0.05) is 28.6 Å². The molecule has 0 aliphatic heterocycles. The van der Waals surface area contributed by atoms with Crippen molar-refractivity contribution < 1.29 is 43.3 Å². The van der Waals surface area contributed by atoms with E-state index in [1.165, 1.54) is 5.57 Å². The van der Waals surface area contributed by atoms with Gasteiger partial charge in [-0.1, -0.05) is 63.6 Å². The molecule has 0 bridgehead atoms. The zero-order valence-electron chi connectivity index (χ0n) is 33.5. The van der Waals surface area contributed by atoms with Gasteiger partial charge in [0.2, 0.25) is 5.78 Å². The molecule has 0 aromatic rings. The summed E-state index contributed by atoms with van der Waals surface area (Å²) in [6, 6.07) is 0. The molecule has 0 aromatic heterocycles. The number of alkyl halides is 1. The van der Waals surface area contributed by atoms with Gasteiger partial charge in [-0.15, -0.1) is 0 Å².